The number of aromatic nitrogens is 4. The van der Waals surface area contributed by atoms with Crippen LogP contribution in [0.1, 0.15) is 0 Å². The van der Waals surface area contributed by atoms with E-state index in [1.54, 1.807) is 30.6 Å². The fraction of sp³-hybridized carbons (Fsp3) is 0.182. The third kappa shape index (κ3) is 3.97. The number of anilines is 3. The lowest BCUT2D eigenvalue weighted by atomic mass is 10.2. The number of rotatable bonds is 5. The molecule has 0 unspecified atom stereocenters. The Morgan fingerprint density at radius 1 is 0.750 bits per heavy atom. The van der Waals surface area contributed by atoms with Crippen molar-refractivity contribution in [2.75, 3.05) is 36.4 Å². The Hall–Kier alpha value is -3.63. The first-order valence-corrected chi connectivity index (χ1v) is 11.7. The summed E-state index contributed by atoms with van der Waals surface area (Å²) in [7, 11) is -3.64. The third-order valence-electron chi connectivity index (χ3n) is 5.35. The molecular formula is C22H21N7O2S. The second kappa shape index (κ2) is 8.48. The largest absolute Gasteiger partial charge is 0.352 e. The van der Waals surface area contributed by atoms with Gasteiger partial charge < -0.3 is 10.2 Å². The number of fused-ring (bicyclic) bond motifs is 1. The van der Waals surface area contributed by atoms with E-state index in [4.69, 9.17) is 0 Å². The van der Waals surface area contributed by atoms with Crippen LogP contribution in [0.4, 0.5) is 17.5 Å². The van der Waals surface area contributed by atoms with Gasteiger partial charge >= 0.3 is 0 Å². The highest BCUT2D eigenvalue weighted by Crippen LogP contribution is 2.25. The third-order valence-corrected chi connectivity index (χ3v) is 7.28. The molecule has 0 radical (unpaired) electrons. The summed E-state index contributed by atoms with van der Waals surface area (Å²) in [5.41, 5.74) is 0.499. The van der Waals surface area contributed by atoms with E-state index in [9.17, 15) is 8.42 Å². The molecule has 1 saturated heterocycles. The highest BCUT2D eigenvalue weighted by Gasteiger charge is 2.30. The second-order valence-corrected chi connectivity index (χ2v) is 9.25. The van der Waals surface area contributed by atoms with Gasteiger partial charge in [0, 0.05) is 44.0 Å². The monoisotopic (exact) mass is 447 g/mol. The summed E-state index contributed by atoms with van der Waals surface area (Å²) in [5, 5.41) is 12.4. The van der Waals surface area contributed by atoms with Gasteiger partial charge in [-0.1, -0.05) is 24.3 Å². The number of benzene rings is 1. The molecule has 4 heterocycles. The van der Waals surface area contributed by atoms with Gasteiger partial charge in [-0.3, -0.25) is 4.98 Å². The molecule has 1 aromatic carbocycles. The molecule has 4 aromatic rings. The predicted molar refractivity (Wildman–Crippen MR) is 122 cm³/mol. The van der Waals surface area contributed by atoms with Gasteiger partial charge in [0.15, 0.2) is 11.6 Å². The van der Waals surface area contributed by atoms with Crippen molar-refractivity contribution in [1.82, 2.24) is 24.5 Å². The molecule has 0 amide bonds. The van der Waals surface area contributed by atoms with Gasteiger partial charge in [0.1, 0.15) is 10.7 Å². The van der Waals surface area contributed by atoms with Crippen molar-refractivity contribution in [2.45, 2.75) is 4.90 Å². The molecule has 0 spiro atoms. The summed E-state index contributed by atoms with van der Waals surface area (Å²) in [4.78, 5) is 10.8. The van der Waals surface area contributed by atoms with Crippen LogP contribution in [0.15, 0.2) is 78.0 Å². The number of para-hydroxylation sites is 1. The Labute approximate surface area is 185 Å². The smallest absolute Gasteiger partial charge is 0.245 e. The number of nitrogens with one attached hydrogen (secondary N) is 1. The van der Waals surface area contributed by atoms with E-state index in [-0.39, 0.29) is 4.90 Å². The topological polar surface area (TPSA) is 104 Å². The zero-order valence-corrected chi connectivity index (χ0v) is 18.0. The highest BCUT2D eigenvalue weighted by atomic mass is 32.2. The minimum absolute atomic E-state index is 0.244. The molecule has 1 N–H and O–H groups in total. The fourth-order valence-corrected chi connectivity index (χ4v) is 5.30. The zero-order valence-electron chi connectivity index (χ0n) is 17.2. The molecule has 0 aliphatic carbocycles. The summed E-state index contributed by atoms with van der Waals surface area (Å²) in [5.74, 6) is 1.99. The van der Waals surface area contributed by atoms with Crippen molar-refractivity contribution in [3.8, 4) is 0 Å². The Balaban J connectivity index is 1.27. The molecular weight excluding hydrogens is 426 g/mol. The number of hydrogen-bond acceptors (Lipinski definition) is 8. The van der Waals surface area contributed by atoms with Crippen molar-refractivity contribution >= 4 is 38.4 Å². The first-order valence-electron chi connectivity index (χ1n) is 10.2. The molecule has 32 heavy (non-hydrogen) atoms. The summed E-state index contributed by atoms with van der Waals surface area (Å²) < 4.78 is 28.1. The predicted octanol–water partition coefficient (Wildman–Crippen LogP) is 2.67. The molecule has 1 aliphatic rings. The number of pyridine rings is 2. The minimum Gasteiger partial charge on any atom is -0.352 e. The van der Waals surface area contributed by atoms with E-state index >= 15 is 0 Å². The van der Waals surface area contributed by atoms with Crippen LogP contribution in [0.2, 0.25) is 0 Å². The quantitative estimate of drug-likeness (QED) is 0.498. The number of hydrogen-bond donors (Lipinski definition) is 1. The molecule has 10 heteroatoms. The maximum Gasteiger partial charge on any atom is 0.245 e. The van der Waals surface area contributed by atoms with Gasteiger partial charge in [0.05, 0.1) is 5.52 Å². The molecule has 0 saturated carbocycles. The van der Waals surface area contributed by atoms with Crippen LogP contribution in [0.3, 0.4) is 0 Å². The Bertz CT molecular complexity index is 1320. The SMILES string of the molecule is O=S(=O)(c1cccc2cccnc12)N1CCN(c2ccc(Nc3ccccn3)nn2)CC1. The van der Waals surface area contributed by atoms with Crippen molar-refractivity contribution < 1.29 is 8.42 Å². The van der Waals surface area contributed by atoms with Crippen LogP contribution in [0.5, 0.6) is 0 Å². The van der Waals surface area contributed by atoms with Crippen LogP contribution in [0.25, 0.3) is 10.9 Å². The fourth-order valence-electron chi connectivity index (χ4n) is 3.71. The van der Waals surface area contributed by atoms with Gasteiger partial charge in [-0.25, -0.2) is 13.4 Å². The molecule has 1 fully saturated rings. The van der Waals surface area contributed by atoms with Crippen LogP contribution >= 0.6 is 0 Å². The van der Waals surface area contributed by atoms with E-state index in [1.807, 2.05) is 47.4 Å². The first kappa shape index (κ1) is 20.3. The lowest BCUT2D eigenvalue weighted by Gasteiger charge is -2.34. The van der Waals surface area contributed by atoms with Gasteiger partial charge in [-0.05, 0) is 36.4 Å². The zero-order chi connectivity index (χ0) is 22.0. The van der Waals surface area contributed by atoms with Gasteiger partial charge in [0.2, 0.25) is 10.0 Å². The Kier molecular flexibility index (Phi) is 5.38. The molecule has 5 rings (SSSR count). The molecule has 1 aliphatic heterocycles. The molecule has 3 aromatic heterocycles. The maximum absolute atomic E-state index is 13.3. The van der Waals surface area contributed by atoms with E-state index in [2.05, 4.69) is 25.5 Å². The van der Waals surface area contributed by atoms with Gasteiger partial charge in [-0.2, -0.15) is 4.31 Å². The van der Waals surface area contributed by atoms with E-state index in [0.29, 0.717) is 49.1 Å². The number of sulfonamides is 1. The van der Waals surface area contributed by atoms with E-state index in [0.717, 1.165) is 5.39 Å². The number of piperazine rings is 1. The lowest BCUT2D eigenvalue weighted by molar-refractivity contribution is 0.384. The summed E-state index contributed by atoms with van der Waals surface area (Å²) in [6.07, 6.45) is 3.32. The second-order valence-electron chi connectivity index (χ2n) is 7.34. The summed E-state index contributed by atoms with van der Waals surface area (Å²) in [6.45, 7) is 1.78. The van der Waals surface area contributed by atoms with Gasteiger partial charge in [-0.15, -0.1) is 10.2 Å². The molecule has 0 atom stereocenters. The van der Waals surface area contributed by atoms with Crippen molar-refractivity contribution in [1.29, 1.82) is 0 Å². The summed E-state index contributed by atoms with van der Waals surface area (Å²) >= 11 is 0. The maximum atomic E-state index is 13.3. The normalized spacial score (nSPS) is 15.1. The minimum atomic E-state index is -3.64. The highest BCUT2D eigenvalue weighted by molar-refractivity contribution is 7.89. The van der Waals surface area contributed by atoms with Crippen LogP contribution < -0.4 is 10.2 Å². The van der Waals surface area contributed by atoms with E-state index in [1.165, 1.54) is 4.31 Å². The van der Waals surface area contributed by atoms with Gasteiger partial charge in [0.25, 0.3) is 0 Å². The molecule has 0 bridgehead atoms. The summed E-state index contributed by atoms with van der Waals surface area (Å²) in [6, 6.07) is 18.2. The number of nitrogens with zero attached hydrogens (tertiary/aromatic N) is 6. The van der Waals surface area contributed by atoms with Crippen LogP contribution in [-0.2, 0) is 10.0 Å². The molecule has 162 valence electrons. The average Bonchev–Trinajstić information content (AvgIpc) is 2.85. The molecule has 9 nitrogen and oxygen atoms in total. The van der Waals surface area contributed by atoms with Crippen molar-refractivity contribution in [3.05, 3.63) is 73.1 Å². The standard InChI is InChI=1S/C22H21N7O2S/c30-32(31,18-7-3-5-17-6-4-12-24-22(17)18)29-15-13-28(14-16-29)21-10-9-20(26-27-21)25-19-8-1-2-11-23-19/h1-12H,13-16H2,(H,23,25,26). The lowest BCUT2D eigenvalue weighted by Crippen LogP contribution is -2.49. The van der Waals surface area contributed by atoms with Crippen molar-refractivity contribution in [3.63, 3.8) is 0 Å². The first-order chi connectivity index (χ1) is 15.6. The van der Waals surface area contributed by atoms with E-state index < -0.39 is 10.0 Å². The van der Waals surface area contributed by atoms with Crippen molar-refractivity contribution in [2.24, 2.45) is 0 Å². The Morgan fingerprint density at radius 3 is 2.31 bits per heavy atom. The van der Waals surface area contributed by atoms with Crippen LogP contribution in [0, 0.1) is 0 Å². The van der Waals surface area contributed by atoms with Crippen LogP contribution in [-0.4, -0.2) is 59.1 Å². The Morgan fingerprint density at radius 2 is 1.56 bits per heavy atom. The average molecular weight is 448 g/mol.